The van der Waals surface area contributed by atoms with E-state index in [1.165, 1.54) is 34.6 Å². The highest BCUT2D eigenvalue weighted by Crippen LogP contribution is 2.29. The SMILES string of the molecule is O=C(Nc1nc2ccccc2s1)C1CCCN1C(=O)c1c[nH]c2ccc([N+](=O)[O-])cc12. The molecule has 1 unspecified atom stereocenters. The molecule has 1 atom stereocenters. The number of rotatable bonds is 4. The van der Waals surface area contributed by atoms with E-state index < -0.39 is 11.0 Å². The van der Waals surface area contributed by atoms with E-state index in [4.69, 9.17) is 0 Å². The standard InChI is InChI=1S/C21H17N5O4S/c27-19(24-21-23-16-4-1-2-6-18(16)31-21)17-5-3-9-25(17)20(28)14-11-22-15-8-7-12(26(29)30)10-13(14)15/h1-2,4,6-8,10-11,17,22H,3,5,9H2,(H,23,24,27). The van der Waals surface area contributed by atoms with Crippen molar-refractivity contribution in [2.75, 3.05) is 11.9 Å². The molecule has 0 bridgehead atoms. The summed E-state index contributed by atoms with van der Waals surface area (Å²) in [4.78, 5) is 45.8. The molecule has 2 amide bonds. The Kier molecular flexibility index (Phi) is 4.63. The number of hydrogen-bond acceptors (Lipinski definition) is 6. The van der Waals surface area contributed by atoms with Gasteiger partial charge in [0.25, 0.3) is 11.6 Å². The fourth-order valence-electron chi connectivity index (χ4n) is 3.95. The minimum Gasteiger partial charge on any atom is -0.360 e. The Hall–Kier alpha value is -3.79. The van der Waals surface area contributed by atoms with Gasteiger partial charge in [0.2, 0.25) is 5.91 Å². The number of carbonyl (C=O) groups is 2. The van der Waals surface area contributed by atoms with Crippen LogP contribution in [-0.2, 0) is 4.79 Å². The van der Waals surface area contributed by atoms with Crippen LogP contribution < -0.4 is 5.32 Å². The van der Waals surface area contributed by atoms with Crippen LogP contribution in [-0.4, -0.2) is 44.2 Å². The third-order valence-corrected chi connectivity index (χ3v) is 6.40. The van der Waals surface area contributed by atoms with Crippen LogP contribution in [0.25, 0.3) is 21.1 Å². The lowest BCUT2D eigenvalue weighted by atomic mass is 10.1. The number of aromatic nitrogens is 2. The van der Waals surface area contributed by atoms with Crippen molar-refractivity contribution in [2.24, 2.45) is 0 Å². The van der Waals surface area contributed by atoms with Crippen LogP contribution >= 0.6 is 11.3 Å². The quantitative estimate of drug-likeness (QED) is 0.372. The van der Waals surface area contributed by atoms with Crippen molar-refractivity contribution in [3.8, 4) is 0 Å². The molecule has 4 aromatic rings. The lowest BCUT2D eigenvalue weighted by Crippen LogP contribution is -2.43. The van der Waals surface area contributed by atoms with E-state index in [0.717, 1.165) is 10.2 Å². The summed E-state index contributed by atoms with van der Waals surface area (Å²) in [6, 6.07) is 11.3. The van der Waals surface area contributed by atoms with Gasteiger partial charge in [0.05, 0.1) is 20.7 Å². The van der Waals surface area contributed by atoms with Crippen LogP contribution in [0.15, 0.2) is 48.7 Å². The highest BCUT2D eigenvalue weighted by molar-refractivity contribution is 7.22. The second kappa shape index (κ2) is 7.47. The van der Waals surface area contributed by atoms with E-state index in [-0.39, 0.29) is 17.5 Å². The summed E-state index contributed by atoms with van der Waals surface area (Å²) in [5.41, 5.74) is 1.66. The number of nitro benzene ring substituents is 1. The highest BCUT2D eigenvalue weighted by atomic mass is 32.1. The number of fused-ring (bicyclic) bond motifs is 2. The number of benzene rings is 2. The molecule has 156 valence electrons. The average molecular weight is 435 g/mol. The summed E-state index contributed by atoms with van der Waals surface area (Å²) in [6.07, 6.45) is 2.79. The van der Waals surface area contributed by atoms with Gasteiger partial charge in [-0.3, -0.25) is 19.7 Å². The molecule has 2 N–H and O–H groups in total. The predicted octanol–water partition coefficient (Wildman–Crippen LogP) is 3.93. The summed E-state index contributed by atoms with van der Waals surface area (Å²) in [5, 5.41) is 14.9. The van der Waals surface area contributed by atoms with E-state index in [2.05, 4.69) is 15.3 Å². The van der Waals surface area contributed by atoms with Crippen molar-refractivity contribution in [1.29, 1.82) is 0 Å². The molecule has 3 heterocycles. The zero-order valence-corrected chi connectivity index (χ0v) is 17.0. The number of anilines is 1. The normalized spacial score (nSPS) is 16.1. The average Bonchev–Trinajstić information content (AvgIpc) is 3.49. The predicted molar refractivity (Wildman–Crippen MR) is 117 cm³/mol. The van der Waals surface area contributed by atoms with Gasteiger partial charge in [-0.05, 0) is 31.0 Å². The Labute approximate surface area is 179 Å². The molecule has 0 spiro atoms. The number of nitro groups is 1. The number of para-hydroxylation sites is 1. The molecule has 5 rings (SSSR count). The van der Waals surface area contributed by atoms with Gasteiger partial charge >= 0.3 is 0 Å². The number of H-pyrrole nitrogens is 1. The summed E-state index contributed by atoms with van der Waals surface area (Å²) in [7, 11) is 0. The highest BCUT2D eigenvalue weighted by Gasteiger charge is 2.36. The van der Waals surface area contributed by atoms with Crippen molar-refractivity contribution in [3.05, 3.63) is 64.3 Å². The monoisotopic (exact) mass is 435 g/mol. The number of carbonyl (C=O) groups excluding carboxylic acids is 2. The maximum absolute atomic E-state index is 13.3. The molecule has 1 saturated heterocycles. The Morgan fingerprint density at radius 1 is 1.26 bits per heavy atom. The van der Waals surface area contributed by atoms with Crippen molar-refractivity contribution in [1.82, 2.24) is 14.9 Å². The lowest BCUT2D eigenvalue weighted by Gasteiger charge is -2.23. The second-order valence-electron chi connectivity index (χ2n) is 7.32. The zero-order valence-electron chi connectivity index (χ0n) is 16.2. The Morgan fingerprint density at radius 2 is 2.10 bits per heavy atom. The number of thiazole rings is 1. The second-order valence-corrected chi connectivity index (χ2v) is 8.35. The fraction of sp³-hybridized carbons (Fsp3) is 0.190. The first kappa shape index (κ1) is 19.2. The van der Waals surface area contributed by atoms with Crippen LogP contribution in [0.1, 0.15) is 23.2 Å². The minimum atomic E-state index is -0.622. The summed E-state index contributed by atoms with van der Waals surface area (Å²) in [6.45, 7) is 0.443. The van der Waals surface area contributed by atoms with Gasteiger partial charge in [-0.1, -0.05) is 23.5 Å². The Balaban J connectivity index is 1.40. The van der Waals surface area contributed by atoms with Gasteiger partial charge in [-0.15, -0.1) is 0 Å². The van der Waals surface area contributed by atoms with Gasteiger partial charge in [-0.2, -0.15) is 0 Å². The molecule has 1 aliphatic rings. The summed E-state index contributed by atoms with van der Waals surface area (Å²) in [5.74, 6) is -0.607. The topological polar surface area (TPSA) is 121 Å². The van der Waals surface area contributed by atoms with Gasteiger partial charge in [0.15, 0.2) is 5.13 Å². The van der Waals surface area contributed by atoms with E-state index in [0.29, 0.717) is 41.0 Å². The number of amides is 2. The maximum atomic E-state index is 13.3. The first-order valence-corrected chi connectivity index (χ1v) is 10.6. The number of hydrogen-bond donors (Lipinski definition) is 2. The molecule has 0 aliphatic carbocycles. The number of nitrogens with one attached hydrogen (secondary N) is 2. The summed E-state index contributed by atoms with van der Waals surface area (Å²) < 4.78 is 0.970. The van der Waals surface area contributed by atoms with Gasteiger partial charge in [-0.25, -0.2) is 4.98 Å². The van der Waals surface area contributed by atoms with Crippen molar-refractivity contribution in [2.45, 2.75) is 18.9 Å². The molecule has 9 nitrogen and oxygen atoms in total. The summed E-state index contributed by atoms with van der Waals surface area (Å²) >= 11 is 1.38. The molecule has 31 heavy (non-hydrogen) atoms. The van der Waals surface area contributed by atoms with Crippen LogP contribution in [0.4, 0.5) is 10.8 Å². The molecular formula is C21H17N5O4S. The van der Waals surface area contributed by atoms with Crippen molar-refractivity contribution >= 4 is 55.1 Å². The molecular weight excluding hydrogens is 418 g/mol. The smallest absolute Gasteiger partial charge is 0.270 e. The van der Waals surface area contributed by atoms with Crippen LogP contribution in [0, 0.1) is 10.1 Å². The van der Waals surface area contributed by atoms with Crippen molar-refractivity contribution < 1.29 is 14.5 Å². The number of nitrogens with zero attached hydrogens (tertiary/aromatic N) is 3. The van der Waals surface area contributed by atoms with Gasteiger partial charge < -0.3 is 15.2 Å². The van der Waals surface area contributed by atoms with Crippen LogP contribution in [0.3, 0.4) is 0 Å². The minimum absolute atomic E-state index is 0.0901. The molecule has 0 radical (unpaired) electrons. The zero-order chi connectivity index (χ0) is 21.5. The van der Waals surface area contributed by atoms with E-state index >= 15 is 0 Å². The van der Waals surface area contributed by atoms with Gasteiger partial charge in [0.1, 0.15) is 6.04 Å². The molecule has 2 aromatic carbocycles. The third-order valence-electron chi connectivity index (χ3n) is 5.45. The molecule has 1 aliphatic heterocycles. The molecule has 2 aromatic heterocycles. The number of non-ortho nitro benzene ring substituents is 1. The molecule has 10 heteroatoms. The molecule has 0 saturated carbocycles. The lowest BCUT2D eigenvalue weighted by molar-refractivity contribution is -0.384. The van der Waals surface area contributed by atoms with Crippen LogP contribution in [0.5, 0.6) is 0 Å². The maximum Gasteiger partial charge on any atom is 0.270 e. The Bertz CT molecular complexity index is 1310. The van der Waals surface area contributed by atoms with Gasteiger partial charge in [0, 0.05) is 35.8 Å². The number of aromatic amines is 1. The van der Waals surface area contributed by atoms with E-state index in [9.17, 15) is 19.7 Å². The van der Waals surface area contributed by atoms with E-state index in [1.807, 2.05) is 24.3 Å². The van der Waals surface area contributed by atoms with E-state index in [1.54, 1.807) is 6.07 Å². The number of likely N-dealkylation sites (tertiary alicyclic amines) is 1. The largest absolute Gasteiger partial charge is 0.360 e. The van der Waals surface area contributed by atoms with Crippen LogP contribution in [0.2, 0.25) is 0 Å². The van der Waals surface area contributed by atoms with Crippen molar-refractivity contribution in [3.63, 3.8) is 0 Å². The third kappa shape index (κ3) is 3.40. The fourth-order valence-corrected chi connectivity index (χ4v) is 4.82. The Morgan fingerprint density at radius 3 is 2.90 bits per heavy atom. The first-order valence-electron chi connectivity index (χ1n) is 9.74. The first-order chi connectivity index (χ1) is 15.0. The molecule has 1 fully saturated rings.